The Morgan fingerprint density at radius 1 is 1.32 bits per heavy atom. The fraction of sp³-hybridized carbons (Fsp3) is 0.429. The Kier molecular flexibility index (Phi) is 5.10. The highest BCUT2D eigenvalue weighted by Crippen LogP contribution is 2.24. The summed E-state index contributed by atoms with van der Waals surface area (Å²) in [5.74, 6) is 0. The predicted molar refractivity (Wildman–Crippen MR) is 79.9 cm³/mol. The maximum absolute atomic E-state index is 4.06. The smallest absolute Gasteiger partial charge is 0.153 e. The van der Waals surface area contributed by atoms with Crippen molar-refractivity contribution in [3.63, 3.8) is 0 Å². The quantitative estimate of drug-likeness (QED) is 0.889. The van der Waals surface area contributed by atoms with Gasteiger partial charge in [0.05, 0.1) is 11.7 Å². The zero-order chi connectivity index (χ0) is 13.7. The number of aromatic nitrogens is 3. The molecule has 0 aliphatic heterocycles. The van der Waals surface area contributed by atoms with Gasteiger partial charge in [0, 0.05) is 7.05 Å². The third-order valence-corrected chi connectivity index (χ3v) is 3.74. The van der Waals surface area contributed by atoms with E-state index < -0.39 is 0 Å². The first kappa shape index (κ1) is 14.2. The van der Waals surface area contributed by atoms with E-state index in [-0.39, 0.29) is 6.04 Å². The fourth-order valence-corrected chi connectivity index (χ4v) is 2.85. The van der Waals surface area contributed by atoms with Crippen molar-refractivity contribution in [2.45, 2.75) is 25.8 Å². The topological polar surface area (TPSA) is 42.7 Å². The van der Waals surface area contributed by atoms with Crippen LogP contribution in [0.2, 0.25) is 0 Å². The van der Waals surface area contributed by atoms with Crippen LogP contribution in [0.25, 0.3) is 0 Å². The largest absolute Gasteiger partial charge is 0.309 e. The minimum absolute atomic E-state index is 0.264. The molecule has 0 saturated carbocycles. The van der Waals surface area contributed by atoms with Gasteiger partial charge in [-0.3, -0.25) is 0 Å². The Bertz CT molecular complexity index is 490. The van der Waals surface area contributed by atoms with Crippen LogP contribution in [-0.4, -0.2) is 21.5 Å². The summed E-state index contributed by atoms with van der Waals surface area (Å²) < 4.78 is 2.66. The summed E-state index contributed by atoms with van der Waals surface area (Å²) in [7, 11) is 1.93. The van der Waals surface area contributed by atoms with E-state index in [2.05, 4.69) is 62.7 Å². The highest BCUT2D eigenvalue weighted by molar-refractivity contribution is 9.10. The van der Waals surface area contributed by atoms with Crippen molar-refractivity contribution in [1.82, 2.24) is 20.3 Å². The third kappa shape index (κ3) is 3.64. The summed E-state index contributed by atoms with van der Waals surface area (Å²) in [5, 5.41) is 11.6. The summed E-state index contributed by atoms with van der Waals surface area (Å²) in [6.45, 7) is 3.05. The molecule has 1 heterocycles. The minimum atomic E-state index is 0.264. The molecule has 0 spiro atoms. The maximum atomic E-state index is 4.06. The average molecular weight is 323 g/mol. The van der Waals surface area contributed by atoms with E-state index in [1.54, 1.807) is 0 Å². The monoisotopic (exact) mass is 322 g/mol. The van der Waals surface area contributed by atoms with E-state index in [0.29, 0.717) is 0 Å². The van der Waals surface area contributed by atoms with Crippen LogP contribution >= 0.6 is 15.9 Å². The van der Waals surface area contributed by atoms with Gasteiger partial charge in [-0.15, -0.1) is 5.10 Å². The van der Waals surface area contributed by atoms with Crippen molar-refractivity contribution in [1.29, 1.82) is 0 Å². The zero-order valence-corrected chi connectivity index (χ0v) is 12.9. The molecule has 2 rings (SSSR count). The molecule has 0 aliphatic carbocycles. The summed E-state index contributed by atoms with van der Waals surface area (Å²) >= 11 is 3.48. The molecule has 1 unspecified atom stereocenters. The Balaban J connectivity index is 2.09. The highest BCUT2D eigenvalue weighted by Gasteiger charge is 2.19. The normalized spacial score (nSPS) is 12.6. The molecule has 0 aliphatic rings. The van der Waals surface area contributed by atoms with Crippen LogP contribution < -0.4 is 5.32 Å². The van der Waals surface area contributed by atoms with Gasteiger partial charge >= 0.3 is 0 Å². The molecule has 0 fully saturated rings. The molecule has 1 aromatic heterocycles. The second-order valence-electron chi connectivity index (χ2n) is 4.52. The molecule has 19 heavy (non-hydrogen) atoms. The maximum Gasteiger partial charge on any atom is 0.153 e. The van der Waals surface area contributed by atoms with Gasteiger partial charge in [0.25, 0.3) is 0 Å². The number of nitrogens with zero attached hydrogens (tertiary/aromatic N) is 3. The van der Waals surface area contributed by atoms with Gasteiger partial charge in [-0.1, -0.05) is 42.5 Å². The molecule has 0 radical (unpaired) electrons. The first-order valence-electron chi connectivity index (χ1n) is 6.54. The number of nitrogens with one attached hydrogen (secondary N) is 1. The third-order valence-electron chi connectivity index (χ3n) is 3.17. The van der Waals surface area contributed by atoms with Crippen LogP contribution in [0.1, 0.15) is 30.6 Å². The second-order valence-corrected chi connectivity index (χ2v) is 5.27. The van der Waals surface area contributed by atoms with Crippen molar-refractivity contribution in [2.75, 3.05) is 6.54 Å². The van der Waals surface area contributed by atoms with Crippen molar-refractivity contribution >= 4 is 15.9 Å². The van der Waals surface area contributed by atoms with Crippen LogP contribution in [0.4, 0.5) is 0 Å². The van der Waals surface area contributed by atoms with Gasteiger partial charge in [0.2, 0.25) is 0 Å². The number of hydrogen-bond donors (Lipinski definition) is 1. The Morgan fingerprint density at radius 3 is 2.63 bits per heavy atom. The van der Waals surface area contributed by atoms with E-state index in [1.165, 1.54) is 5.56 Å². The average Bonchev–Trinajstić information content (AvgIpc) is 2.76. The lowest BCUT2D eigenvalue weighted by molar-refractivity contribution is 0.478. The first-order chi connectivity index (χ1) is 9.22. The second kappa shape index (κ2) is 6.82. The summed E-state index contributed by atoms with van der Waals surface area (Å²) in [4.78, 5) is 0. The molecule has 1 aromatic carbocycles. The van der Waals surface area contributed by atoms with E-state index in [4.69, 9.17) is 0 Å². The van der Waals surface area contributed by atoms with Crippen LogP contribution in [0, 0.1) is 0 Å². The van der Waals surface area contributed by atoms with Gasteiger partial charge in [0.15, 0.2) is 4.60 Å². The molecule has 1 N–H and O–H groups in total. The Morgan fingerprint density at radius 2 is 2.05 bits per heavy atom. The number of benzene rings is 1. The molecular formula is C14H19BrN4. The van der Waals surface area contributed by atoms with E-state index in [0.717, 1.165) is 29.7 Å². The van der Waals surface area contributed by atoms with Crippen LogP contribution in [-0.2, 0) is 13.5 Å². The van der Waals surface area contributed by atoms with Gasteiger partial charge in [-0.2, -0.15) is 0 Å². The summed E-state index contributed by atoms with van der Waals surface area (Å²) in [6, 6.07) is 10.8. The molecule has 4 nitrogen and oxygen atoms in total. The molecule has 102 valence electrons. The number of aryl methyl sites for hydroxylation is 2. The van der Waals surface area contributed by atoms with Crippen molar-refractivity contribution in [3.05, 3.63) is 46.2 Å². The standard InChI is InChI=1S/C14H19BrN4/c1-3-16-12(13-14(15)17-18-19(13)2)10-9-11-7-5-4-6-8-11/h4-8,12,16H,3,9-10H2,1-2H3. The molecule has 0 amide bonds. The van der Waals surface area contributed by atoms with E-state index in [1.807, 2.05) is 17.8 Å². The lowest BCUT2D eigenvalue weighted by atomic mass is 10.0. The van der Waals surface area contributed by atoms with Crippen molar-refractivity contribution in [3.8, 4) is 0 Å². The highest BCUT2D eigenvalue weighted by atomic mass is 79.9. The molecule has 5 heteroatoms. The molecule has 2 aromatic rings. The van der Waals surface area contributed by atoms with Crippen LogP contribution in [0.15, 0.2) is 34.9 Å². The molecular weight excluding hydrogens is 304 g/mol. The van der Waals surface area contributed by atoms with Gasteiger partial charge in [0.1, 0.15) is 0 Å². The lowest BCUT2D eigenvalue weighted by Crippen LogP contribution is -2.24. The first-order valence-corrected chi connectivity index (χ1v) is 7.34. The van der Waals surface area contributed by atoms with E-state index >= 15 is 0 Å². The fourth-order valence-electron chi connectivity index (χ4n) is 2.25. The summed E-state index contributed by atoms with van der Waals surface area (Å²) in [5.41, 5.74) is 2.47. The van der Waals surface area contributed by atoms with Crippen molar-refractivity contribution < 1.29 is 0 Å². The van der Waals surface area contributed by atoms with Gasteiger partial charge in [-0.05, 0) is 40.9 Å². The summed E-state index contributed by atoms with van der Waals surface area (Å²) in [6.07, 6.45) is 2.06. The van der Waals surface area contributed by atoms with Gasteiger partial charge < -0.3 is 5.32 Å². The van der Waals surface area contributed by atoms with Crippen molar-refractivity contribution in [2.24, 2.45) is 7.05 Å². The number of rotatable bonds is 6. The zero-order valence-electron chi connectivity index (χ0n) is 11.3. The van der Waals surface area contributed by atoms with E-state index in [9.17, 15) is 0 Å². The number of hydrogen-bond acceptors (Lipinski definition) is 3. The molecule has 1 atom stereocenters. The number of halogens is 1. The molecule has 0 bridgehead atoms. The van der Waals surface area contributed by atoms with Gasteiger partial charge in [-0.25, -0.2) is 4.68 Å². The Labute approximate surface area is 122 Å². The SMILES string of the molecule is CCNC(CCc1ccccc1)c1c(Br)nnn1C. The predicted octanol–water partition coefficient (Wildman–Crippen LogP) is 2.86. The lowest BCUT2D eigenvalue weighted by Gasteiger charge is -2.18. The van der Waals surface area contributed by atoms with Crippen LogP contribution in [0.3, 0.4) is 0 Å². The molecule has 0 saturated heterocycles. The minimum Gasteiger partial charge on any atom is -0.309 e. The Hall–Kier alpha value is -1.20. The van der Waals surface area contributed by atoms with Crippen LogP contribution in [0.5, 0.6) is 0 Å².